The third-order valence-electron chi connectivity index (χ3n) is 5.11. The van der Waals surface area contributed by atoms with Crippen molar-refractivity contribution in [2.75, 3.05) is 4.90 Å². The first-order valence-electron chi connectivity index (χ1n) is 8.74. The molecular weight excluding hydrogens is 366 g/mol. The van der Waals surface area contributed by atoms with Crippen LogP contribution < -0.4 is 4.90 Å². The molecule has 0 unspecified atom stereocenters. The Morgan fingerprint density at radius 2 is 1.85 bits per heavy atom. The average molecular weight is 386 g/mol. The molecule has 0 bridgehead atoms. The van der Waals surface area contributed by atoms with E-state index in [-0.39, 0.29) is 23.0 Å². The number of rotatable bonds is 2. The summed E-state index contributed by atoms with van der Waals surface area (Å²) >= 11 is 7.63. The highest BCUT2D eigenvalue weighted by Gasteiger charge is 2.44. The normalized spacial score (nSPS) is 22.6. The number of nitrogens with zero attached hydrogens (tertiary/aromatic N) is 1. The number of thiophene rings is 1. The number of ketones is 1. The number of benzene rings is 1. The molecule has 0 spiro atoms. The van der Waals surface area contributed by atoms with Crippen molar-refractivity contribution < 1.29 is 9.59 Å². The number of amides is 1. The van der Waals surface area contributed by atoms with Crippen molar-refractivity contribution in [1.29, 1.82) is 0 Å². The number of halogens is 1. The number of carbonyl (C=O) groups excluding carboxylic acids is 2. The molecule has 1 aliphatic carbocycles. The first-order chi connectivity index (χ1) is 12.4. The first kappa shape index (κ1) is 17.5. The van der Waals surface area contributed by atoms with Gasteiger partial charge in [-0.15, -0.1) is 11.3 Å². The van der Waals surface area contributed by atoms with Crippen molar-refractivity contribution in [3.05, 3.63) is 62.9 Å². The smallest absolute Gasteiger partial charge is 0.232 e. The van der Waals surface area contributed by atoms with E-state index < -0.39 is 0 Å². The van der Waals surface area contributed by atoms with E-state index in [0.717, 1.165) is 21.8 Å². The van der Waals surface area contributed by atoms with Gasteiger partial charge in [0, 0.05) is 45.6 Å². The van der Waals surface area contributed by atoms with E-state index in [4.69, 9.17) is 11.6 Å². The lowest BCUT2D eigenvalue weighted by molar-refractivity contribution is -0.120. The van der Waals surface area contributed by atoms with E-state index in [1.165, 1.54) is 0 Å². The van der Waals surface area contributed by atoms with E-state index in [9.17, 15) is 9.59 Å². The van der Waals surface area contributed by atoms with Crippen LogP contribution >= 0.6 is 22.9 Å². The summed E-state index contributed by atoms with van der Waals surface area (Å²) in [7, 11) is 0. The summed E-state index contributed by atoms with van der Waals surface area (Å²) in [5.41, 5.74) is 2.31. The molecule has 0 N–H and O–H groups in total. The maximum absolute atomic E-state index is 13.1. The molecule has 2 aliphatic rings. The zero-order valence-corrected chi connectivity index (χ0v) is 16.4. The zero-order valence-electron chi connectivity index (χ0n) is 14.8. The number of anilines is 1. The fraction of sp³-hybridized carbons (Fsp3) is 0.333. The van der Waals surface area contributed by atoms with Crippen LogP contribution in [0.1, 0.15) is 43.9 Å². The first-order valence-corrected chi connectivity index (χ1v) is 10.00. The van der Waals surface area contributed by atoms with Crippen molar-refractivity contribution in [3.8, 4) is 0 Å². The molecule has 2 aromatic rings. The number of carbonyl (C=O) groups is 2. The Hall–Kier alpha value is -1.91. The highest BCUT2D eigenvalue weighted by Crippen LogP contribution is 2.48. The summed E-state index contributed by atoms with van der Waals surface area (Å²) in [4.78, 5) is 29.0. The fourth-order valence-electron chi connectivity index (χ4n) is 4.04. The summed E-state index contributed by atoms with van der Waals surface area (Å²) < 4.78 is 0. The summed E-state index contributed by atoms with van der Waals surface area (Å²) in [6.07, 6.45) is 1.56. The summed E-state index contributed by atoms with van der Waals surface area (Å²) in [6, 6.07) is 11.3. The van der Waals surface area contributed by atoms with Crippen LogP contribution in [0.15, 0.2) is 53.0 Å². The molecule has 0 saturated heterocycles. The molecule has 5 heteroatoms. The maximum atomic E-state index is 13.1. The van der Waals surface area contributed by atoms with Gasteiger partial charge in [0.2, 0.25) is 5.91 Å². The van der Waals surface area contributed by atoms with Gasteiger partial charge in [-0.1, -0.05) is 31.5 Å². The number of allylic oxidation sites excluding steroid dienone is 2. The minimum atomic E-state index is -0.155. The quantitative estimate of drug-likeness (QED) is 0.678. The van der Waals surface area contributed by atoms with Crippen molar-refractivity contribution in [2.45, 2.75) is 39.0 Å². The molecule has 1 aliphatic heterocycles. The van der Waals surface area contributed by atoms with Gasteiger partial charge >= 0.3 is 0 Å². The standard InChI is InChI=1S/C21H20ClNO2S/c1-21(2)11-16-20(17(24)12-21)15(18-4-3-9-26-18)10-19(25)23(16)14-7-5-13(22)6-8-14/h3-9,15H,10-12H2,1-2H3/t15-/m1/s1. The molecule has 2 heterocycles. The lowest BCUT2D eigenvalue weighted by Gasteiger charge is -2.42. The summed E-state index contributed by atoms with van der Waals surface area (Å²) in [5.74, 6) is 0.0840. The van der Waals surface area contributed by atoms with Gasteiger partial charge in [-0.25, -0.2) is 0 Å². The van der Waals surface area contributed by atoms with E-state index in [1.807, 2.05) is 29.6 Å². The minimum Gasteiger partial charge on any atom is -0.294 e. The lowest BCUT2D eigenvalue weighted by atomic mass is 9.70. The highest BCUT2D eigenvalue weighted by molar-refractivity contribution is 7.10. The molecule has 1 atom stereocenters. The molecule has 0 saturated carbocycles. The summed E-state index contributed by atoms with van der Waals surface area (Å²) in [5, 5.41) is 2.63. The molecular formula is C21H20ClNO2S. The molecule has 4 rings (SSSR count). The second-order valence-electron chi connectivity index (χ2n) is 7.78. The number of Topliss-reactive ketones (excluding diaryl/α,β-unsaturated/α-hetero) is 1. The van der Waals surface area contributed by atoms with Crippen LogP contribution in [-0.2, 0) is 9.59 Å². The topological polar surface area (TPSA) is 37.4 Å². The predicted octanol–water partition coefficient (Wildman–Crippen LogP) is 5.57. The van der Waals surface area contributed by atoms with E-state index in [1.54, 1.807) is 28.4 Å². The van der Waals surface area contributed by atoms with Gasteiger partial charge in [-0.3, -0.25) is 14.5 Å². The van der Waals surface area contributed by atoms with Gasteiger partial charge in [-0.05, 0) is 47.5 Å². The van der Waals surface area contributed by atoms with Crippen LogP contribution in [-0.4, -0.2) is 11.7 Å². The van der Waals surface area contributed by atoms with E-state index >= 15 is 0 Å². The monoisotopic (exact) mass is 385 g/mol. The number of hydrogen-bond donors (Lipinski definition) is 0. The third-order valence-corrected chi connectivity index (χ3v) is 6.35. The van der Waals surface area contributed by atoms with Gasteiger partial charge in [0.1, 0.15) is 0 Å². The molecule has 26 heavy (non-hydrogen) atoms. The van der Waals surface area contributed by atoms with Crippen molar-refractivity contribution in [2.24, 2.45) is 5.41 Å². The summed E-state index contributed by atoms with van der Waals surface area (Å²) in [6.45, 7) is 4.18. The largest absolute Gasteiger partial charge is 0.294 e. The predicted molar refractivity (Wildman–Crippen MR) is 106 cm³/mol. The molecule has 1 amide bonds. The Kier molecular flexibility index (Phi) is 4.28. The van der Waals surface area contributed by atoms with Crippen LogP contribution in [0, 0.1) is 5.41 Å². The van der Waals surface area contributed by atoms with E-state index in [0.29, 0.717) is 24.3 Å². The Bertz CT molecular complexity index is 897. The van der Waals surface area contributed by atoms with Gasteiger partial charge in [-0.2, -0.15) is 0 Å². The Balaban J connectivity index is 1.89. The van der Waals surface area contributed by atoms with Crippen LogP contribution in [0.25, 0.3) is 0 Å². The molecule has 1 aromatic heterocycles. The second kappa shape index (κ2) is 6.36. The second-order valence-corrected chi connectivity index (χ2v) is 9.19. The Labute approximate surface area is 162 Å². The molecule has 0 radical (unpaired) electrons. The fourth-order valence-corrected chi connectivity index (χ4v) is 5.00. The SMILES string of the molecule is CC1(C)CC(=O)C2=C(C1)N(c1ccc(Cl)cc1)C(=O)C[C@@H]2c1cccs1. The zero-order chi connectivity index (χ0) is 18.5. The Morgan fingerprint density at radius 3 is 2.50 bits per heavy atom. The molecule has 0 fully saturated rings. The number of hydrogen-bond acceptors (Lipinski definition) is 3. The highest BCUT2D eigenvalue weighted by atomic mass is 35.5. The maximum Gasteiger partial charge on any atom is 0.232 e. The van der Waals surface area contributed by atoms with Crippen molar-refractivity contribution in [1.82, 2.24) is 0 Å². The molecule has 134 valence electrons. The van der Waals surface area contributed by atoms with Gasteiger partial charge in [0.05, 0.1) is 0 Å². The van der Waals surface area contributed by atoms with Gasteiger partial charge < -0.3 is 0 Å². The van der Waals surface area contributed by atoms with Crippen LogP contribution in [0.2, 0.25) is 5.02 Å². The van der Waals surface area contributed by atoms with Crippen LogP contribution in [0.5, 0.6) is 0 Å². The van der Waals surface area contributed by atoms with Crippen molar-refractivity contribution >= 4 is 40.3 Å². The average Bonchev–Trinajstić information content (AvgIpc) is 3.08. The van der Waals surface area contributed by atoms with Gasteiger partial charge in [0.25, 0.3) is 0 Å². The van der Waals surface area contributed by atoms with Crippen LogP contribution in [0.4, 0.5) is 5.69 Å². The van der Waals surface area contributed by atoms with E-state index in [2.05, 4.69) is 13.8 Å². The lowest BCUT2D eigenvalue weighted by Crippen LogP contribution is -2.43. The Morgan fingerprint density at radius 1 is 1.12 bits per heavy atom. The van der Waals surface area contributed by atoms with Crippen LogP contribution in [0.3, 0.4) is 0 Å². The third kappa shape index (κ3) is 3.01. The molecule has 3 nitrogen and oxygen atoms in total. The van der Waals surface area contributed by atoms with Crippen molar-refractivity contribution in [3.63, 3.8) is 0 Å². The molecule has 1 aromatic carbocycles. The minimum absolute atomic E-state index is 0.0370. The van der Waals surface area contributed by atoms with Gasteiger partial charge in [0.15, 0.2) is 5.78 Å².